The maximum absolute atomic E-state index is 14.1. The van der Waals surface area contributed by atoms with Crippen LogP contribution in [0.3, 0.4) is 0 Å². The van der Waals surface area contributed by atoms with Crippen LogP contribution in [0.1, 0.15) is 0 Å². The number of halogens is 1. The van der Waals surface area contributed by atoms with Crippen LogP contribution in [-0.4, -0.2) is 35.4 Å². The number of aromatic nitrogens is 2. The topological polar surface area (TPSA) is 117 Å². The Morgan fingerprint density at radius 1 is 1.55 bits per heavy atom. The Hall–Kier alpha value is -3.13. The third-order valence-corrected chi connectivity index (χ3v) is 3.09. The van der Waals surface area contributed by atoms with Gasteiger partial charge in [-0.2, -0.15) is 4.98 Å². The van der Waals surface area contributed by atoms with Crippen LogP contribution in [0, 0.1) is 5.82 Å². The summed E-state index contributed by atoms with van der Waals surface area (Å²) in [6.45, 7) is 0.209. The molecule has 0 unspecified atom stereocenters. The molecule has 0 spiro atoms. The van der Waals surface area contributed by atoms with Crippen molar-refractivity contribution in [3.63, 3.8) is 0 Å². The Kier molecular flexibility index (Phi) is 3.58. The number of hydrogen-bond donors (Lipinski definition) is 0. The van der Waals surface area contributed by atoms with Crippen LogP contribution < -0.4 is 4.90 Å². The molecule has 0 radical (unpaired) electrons. The third-order valence-electron chi connectivity index (χ3n) is 3.09. The standard InChI is InChI=1S/C12H9FN6O3/c13-10-3-7(1-2-9(10)11-15-6-21-17-11)19-5-8(4-16-18-14)22-12(19)20/h1-3,6,8H,4-5H2/t8-/m0/s1. The molecule has 0 bridgehead atoms. The van der Waals surface area contributed by atoms with Crippen LogP contribution in [0.15, 0.2) is 34.2 Å². The van der Waals surface area contributed by atoms with E-state index in [2.05, 4.69) is 24.7 Å². The maximum atomic E-state index is 14.1. The van der Waals surface area contributed by atoms with Gasteiger partial charge in [0, 0.05) is 4.91 Å². The quantitative estimate of drug-likeness (QED) is 0.488. The number of hydrogen-bond acceptors (Lipinski definition) is 6. The van der Waals surface area contributed by atoms with Gasteiger partial charge in [-0.15, -0.1) is 0 Å². The van der Waals surface area contributed by atoms with Crippen LogP contribution in [0.25, 0.3) is 21.8 Å². The van der Waals surface area contributed by atoms with Gasteiger partial charge in [0.15, 0.2) is 0 Å². The fourth-order valence-corrected chi connectivity index (χ4v) is 2.10. The number of carbonyl (C=O) groups excluding carboxylic acids is 1. The first-order valence-electron chi connectivity index (χ1n) is 6.24. The first kappa shape index (κ1) is 13.8. The van der Waals surface area contributed by atoms with Crippen molar-refractivity contribution in [1.29, 1.82) is 0 Å². The predicted octanol–water partition coefficient (Wildman–Crippen LogP) is 2.51. The summed E-state index contributed by atoms with van der Waals surface area (Å²) in [6, 6.07) is 4.18. The summed E-state index contributed by atoms with van der Waals surface area (Å²) in [7, 11) is 0. The second kappa shape index (κ2) is 5.70. The Morgan fingerprint density at radius 3 is 3.09 bits per heavy atom. The first-order valence-corrected chi connectivity index (χ1v) is 6.24. The lowest BCUT2D eigenvalue weighted by molar-refractivity contribution is 0.145. The molecule has 3 rings (SSSR count). The summed E-state index contributed by atoms with van der Waals surface area (Å²) in [6.07, 6.45) is -0.0749. The van der Waals surface area contributed by atoms with E-state index in [9.17, 15) is 9.18 Å². The van der Waals surface area contributed by atoms with Crippen molar-refractivity contribution in [2.45, 2.75) is 6.10 Å². The van der Waals surface area contributed by atoms with Gasteiger partial charge in [0.05, 0.1) is 24.3 Å². The molecule has 2 heterocycles. The molecule has 22 heavy (non-hydrogen) atoms. The summed E-state index contributed by atoms with van der Waals surface area (Å²) in [4.78, 5) is 19.4. The fourth-order valence-electron chi connectivity index (χ4n) is 2.10. The van der Waals surface area contributed by atoms with Crippen molar-refractivity contribution in [2.75, 3.05) is 18.0 Å². The smallest absolute Gasteiger partial charge is 0.414 e. The molecule has 1 aromatic carbocycles. The van der Waals surface area contributed by atoms with Crippen molar-refractivity contribution in [1.82, 2.24) is 10.1 Å². The molecule has 1 atom stereocenters. The van der Waals surface area contributed by atoms with Crippen molar-refractivity contribution in [3.8, 4) is 11.4 Å². The Morgan fingerprint density at radius 2 is 2.41 bits per heavy atom. The van der Waals surface area contributed by atoms with E-state index in [1.807, 2.05) is 0 Å². The van der Waals surface area contributed by atoms with Crippen molar-refractivity contribution in [2.24, 2.45) is 5.11 Å². The fraction of sp³-hybridized carbons (Fsp3) is 0.250. The minimum Gasteiger partial charge on any atom is -0.444 e. The van der Waals surface area contributed by atoms with E-state index in [1.165, 1.54) is 17.0 Å². The van der Waals surface area contributed by atoms with Crippen molar-refractivity contribution < 1.29 is 18.4 Å². The van der Waals surface area contributed by atoms with E-state index in [0.717, 1.165) is 6.39 Å². The minimum absolute atomic E-state index is 0.0299. The normalized spacial score (nSPS) is 17.2. The number of ether oxygens (including phenoxy) is 1. The van der Waals surface area contributed by atoms with Crippen molar-refractivity contribution in [3.05, 3.63) is 40.9 Å². The zero-order valence-corrected chi connectivity index (χ0v) is 11.1. The number of carbonyl (C=O) groups is 1. The molecule has 1 saturated heterocycles. The highest BCUT2D eigenvalue weighted by atomic mass is 19.1. The van der Waals surface area contributed by atoms with E-state index in [1.54, 1.807) is 6.07 Å². The van der Waals surface area contributed by atoms with Gasteiger partial charge in [-0.3, -0.25) is 4.90 Å². The Bertz CT molecular complexity index is 743. The van der Waals surface area contributed by atoms with E-state index >= 15 is 0 Å². The van der Waals surface area contributed by atoms with Gasteiger partial charge in [-0.05, 0) is 23.7 Å². The number of nitrogens with zero attached hydrogens (tertiary/aromatic N) is 6. The van der Waals surface area contributed by atoms with Gasteiger partial charge in [0.2, 0.25) is 12.2 Å². The second-order valence-corrected chi connectivity index (χ2v) is 4.45. The van der Waals surface area contributed by atoms with Crippen LogP contribution in [-0.2, 0) is 4.74 Å². The summed E-state index contributed by atoms with van der Waals surface area (Å²) in [5, 5.41) is 6.91. The van der Waals surface area contributed by atoms with Gasteiger partial charge >= 0.3 is 6.09 Å². The molecule has 0 N–H and O–H groups in total. The van der Waals surface area contributed by atoms with Gasteiger partial charge < -0.3 is 9.26 Å². The van der Waals surface area contributed by atoms with Crippen LogP contribution in [0.4, 0.5) is 14.9 Å². The van der Waals surface area contributed by atoms with E-state index in [4.69, 9.17) is 10.3 Å². The van der Waals surface area contributed by atoms with E-state index in [-0.39, 0.29) is 24.5 Å². The average molecular weight is 304 g/mol. The van der Waals surface area contributed by atoms with E-state index in [0.29, 0.717) is 5.69 Å². The highest BCUT2D eigenvalue weighted by Gasteiger charge is 2.32. The lowest BCUT2D eigenvalue weighted by Crippen LogP contribution is -2.25. The molecule has 112 valence electrons. The number of amides is 1. The van der Waals surface area contributed by atoms with Gasteiger partial charge in [-0.1, -0.05) is 10.3 Å². The summed E-state index contributed by atoms with van der Waals surface area (Å²) >= 11 is 0. The first-order chi connectivity index (χ1) is 10.7. The zero-order chi connectivity index (χ0) is 15.5. The molecule has 1 aliphatic heterocycles. The largest absolute Gasteiger partial charge is 0.444 e. The lowest BCUT2D eigenvalue weighted by Gasteiger charge is -2.13. The van der Waals surface area contributed by atoms with Crippen molar-refractivity contribution >= 4 is 11.8 Å². The van der Waals surface area contributed by atoms with Gasteiger partial charge in [0.1, 0.15) is 11.9 Å². The molecule has 1 fully saturated rings. The van der Waals surface area contributed by atoms with Crippen LogP contribution in [0.5, 0.6) is 0 Å². The number of azide groups is 1. The highest BCUT2D eigenvalue weighted by Crippen LogP contribution is 2.27. The lowest BCUT2D eigenvalue weighted by atomic mass is 10.1. The maximum Gasteiger partial charge on any atom is 0.414 e. The molecule has 0 aliphatic carbocycles. The number of benzene rings is 1. The summed E-state index contributed by atoms with van der Waals surface area (Å²) in [5.74, 6) is -0.473. The molecule has 1 amide bonds. The number of anilines is 1. The highest BCUT2D eigenvalue weighted by molar-refractivity contribution is 5.90. The van der Waals surface area contributed by atoms with Crippen LogP contribution in [0.2, 0.25) is 0 Å². The average Bonchev–Trinajstić information content (AvgIpc) is 3.14. The SMILES string of the molecule is [N-]=[N+]=NC[C@H]1CN(c2ccc(-c3ncon3)c(F)c2)C(=O)O1. The number of rotatable bonds is 4. The monoisotopic (exact) mass is 304 g/mol. The molecule has 0 saturated carbocycles. The predicted molar refractivity (Wildman–Crippen MR) is 71.3 cm³/mol. The van der Waals surface area contributed by atoms with Gasteiger partial charge in [0.25, 0.3) is 0 Å². The molecular formula is C12H9FN6O3. The minimum atomic E-state index is -0.621. The Balaban J connectivity index is 1.82. The molecule has 9 nitrogen and oxygen atoms in total. The molecule has 10 heteroatoms. The van der Waals surface area contributed by atoms with Gasteiger partial charge in [-0.25, -0.2) is 9.18 Å². The third kappa shape index (κ3) is 2.54. The van der Waals surface area contributed by atoms with E-state index < -0.39 is 18.0 Å². The molecule has 1 aromatic heterocycles. The summed E-state index contributed by atoms with van der Waals surface area (Å²) < 4.78 is 23.7. The molecular weight excluding hydrogens is 295 g/mol. The van der Waals surface area contributed by atoms with Crippen LogP contribution >= 0.6 is 0 Å². The summed E-state index contributed by atoms with van der Waals surface area (Å²) in [5.41, 5.74) is 8.76. The zero-order valence-electron chi connectivity index (χ0n) is 11.1. The Labute approximate surface area is 122 Å². The molecule has 1 aliphatic rings. The molecule has 2 aromatic rings. The number of cyclic esters (lactones) is 1. The second-order valence-electron chi connectivity index (χ2n) is 4.45.